The van der Waals surface area contributed by atoms with Gasteiger partial charge in [0, 0.05) is 17.4 Å². The van der Waals surface area contributed by atoms with Crippen LogP contribution in [0.25, 0.3) is 0 Å². The van der Waals surface area contributed by atoms with Crippen molar-refractivity contribution in [2.75, 3.05) is 0 Å². The molecule has 0 bridgehead atoms. The van der Waals surface area contributed by atoms with Crippen LogP contribution in [0, 0.1) is 12.0 Å². The molecule has 2 heteroatoms. The van der Waals surface area contributed by atoms with Crippen molar-refractivity contribution in [3.63, 3.8) is 0 Å². The van der Waals surface area contributed by atoms with Gasteiger partial charge in [-0.3, -0.25) is 0 Å². The summed E-state index contributed by atoms with van der Waals surface area (Å²) in [6.45, 7) is 11.2. The number of phenols is 1. The fourth-order valence-corrected chi connectivity index (χ4v) is 4.76. The molecule has 2 nitrogen and oxygen atoms in total. The molecule has 143 valence electrons. The molecule has 2 aliphatic rings. The van der Waals surface area contributed by atoms with E-state index in [-0.39, 0.29) is 11.0 Å². The average Bonchev–Trinajstić information content (AvgIpc) is 2.58. The second kappa shape index (κ2) is 7.29. The van der Waals surface area contributed by atoms with E-state index in [1.54, 1.807) is 0 Å². The lowest BCUT2D eigenvalue weighted by Gasteiger charge is -2.46. The summed E-state index contributed by atoms with van der Waals surface area (Å²) in [4.78, 5) is 0. The van der Waals surface area contributed by atoms with Gasteiger partial charge in [-0.15, -0.1) is 0 Å². The summed E-state index contributed by atoms with van der Waals surface area (Å²) < 4.78 is 6.44. The van der Waals surface area contributed by atoms with E-state index in [2.05, 4.69) is 52.8 Å². The first-order chi connectivity index (χ1) is 12.3. The first-order valence-electron chi connectivity index (χ1n) is 10.4. The molecule has 0 aromatic heterocycles. The van der Waals surface area contributed by atoms with E-state index in [0.717, 1.165) is 30.6 Å². The van der Waals surface area contributed by atoms with Crippen molar-refractivity contribution in [1.82, 2.24) is 0 Å². The van der Waals surface area contributed by atoms with Crippen molar-refractivity contribution >= 4 is 0 Å². The van der Waals surface area contributed by atoms with Gasteiger partial charge in [0.15, 0.2) is 0 Å². The van der Waals surface area contributed by atoms with Crippen molar-refractivity contribution in [2.45, 2.75) is 96.5 Å². The highest BCUT2D eigenvalue weighted by molar-refractivity contribution is 5.53. The minimum atomic E-state index is -0.216. The summed E-state index contributed by atoms with van der Waals surface area (Å²) in [6.07, 6.45) is 13.6. The highest BCUT2D eigenvalue weighted by atomic mass is 16.5. The zero-order valence-corrected chi connectivity index (χ0v) is 17.2. The van der Waals surface area contributed by atoms with Crippen LogP contribution in [0.4, 0.5) is 0 Å². The number of hydrogen-bond acceptors (Lipinski definition) is 2. The van der Waals surface area contributed by atoms with Crippen LogP contribution < -0.4 is 4.74 Å². The number of phenolic OH excluding ortho intramolecular Hbond substituents is 1. The van der Waals surface area contributed by atoms with Crippen molar-refractivity contribution in [2.24, 2.45) is 5.92 Å². The van der Waals surface area contributed by atoms with Gasteiger partial charge < -0.3 is 9.84 Å². The van der Waals surface area contributed by atoms with E-state index in [1.165, 1.54) is 31.2 Å². The Labute approximate surface area is 159 Å². The quantitative estimate of drug-likeness (QED) is 0.578. The van der Waals surface area contributed by atoms with Crippen LogP contribution in [0.2, 0.25) is 0 Å². The Bertz CT molecular complexity index is 669. The Morgan fingerprint density at radius 3 is 2.73 bits per heavy atom. The smallest absolute Gasteiger partial charge is 0.127 e. The van der Waals surface area contributed by atoms with Crippen LogP contribution in [0.1, 0.15) is 96.6 Å². The Hall–Kier alpha value is -1.44. The summed E-state index contributed by atoms with van der Waals surface area (Å²) in [5.74, 6) is 2.00. The average molecular weight is 356 g/mol. The second-order valence-electron chi connectivity index (χ2n) is 9.37. The Morgan fingerprint density at radius 2 is 2.00 bits per heavy atom. The third-order valence-electron chi connectivity index (χ3n) is 6.53. The Balaban J connectivity index is 1.91. The number of hydrogen-bond donors (Lipinski definition) is 1. The number of fused-ring (bicyclic) bond motifs is 3. The van der Waals surface area contributed by atoms with E-state index in [9.17, 15) is 5.11 Å². The number of unbranched alkanes of at least 4 members (excludes halogenated alkanes) is 3. The maximum absolute atomic E-state index is 10.9. The van der Waals surface area contributed by atoms with Crippen LogP contribution in [-0.2, 0) is 5.41 Å². The molecular weight excluding hydrogens is 320 g/mol. The molecular formula is C24H35O2. The number of allylic oxidation sites excluding steroid dienone is 2. The minimum Gasteiger partial charge on any atom is -0.508 e. The molecule has 0 amide bonds. The zero-order valence-electron chi connectivity index (χ0n) is 17.2. The fourth-order valence-electron chi connectivity index (χ4n) is 4.76. The van der Waals surface area contributed by atoms with Gasteiger partial charge in [0.2, 0.25) is 0 Å². The lowest BCUT2D eigenvalue weighted by atomic mass is 9.68. The molecule has 1 radical (unpaired) electrons. The van der Waals surface area contributed by atoms with E-state index in [1.807, 2.05) is 6.07 Å². The third-order valence-corrected chi connectivity index (χ3v) is 6.53. The molecule has 0 unspecified atom stereocenters. The molecule has 1 N–H and O–H groups in total. The predicted octanol–water partition coefficient (Wildman–Crippen LogP) is 6.66. The highest BCUT2D eigenvalue weighted by Crippen LogP contribution is 2.53. The normalized spacial score (nSPS) is 23.9. The van der Waals surface area contributed by atoms with E-state index < -0.39 is 0 Å². The van der Waals surface area contributed by atoms with Crippen molar-refractivity contribution < 1.29 is 9.84 Å². The predicted molar refractivity (Wildman–Crippen MR) is 108 cm³/mol. The number of rotatable bonds is 6. The van der Waals surface area contributed by atoms with Crippen LogP contribution in [-0.4, -0.2) is 10.7 Å². The van der Waals surface area contributed by atoms with Gasteiger partial charge in [-0.1, -0.05) is 52.5 Å². The third kappa shape index (κ3) is 3.66. The molecule has 3 rings (SSSR count). The monoisotopic (exact) mass is 355 g/mol. The second-order valence-corrected chi connectivity index (χ2v) is 9.37. The SMILES string of the molecule is CCCCCCC(C)(C)c1cc(O)c2c(c1)OC(C)(C)[C@@H]1CC=[C]C[C@@H]21. The molecule has 26 heavy (non-hydrogen) atoms. The van der Waals surface area contributed by atoms with E-state index in [4.69, 9.17) is 4.74 Å². The minimum absolute atomic E-state index is 0.0448. The molecule has 0 fully saturated rings. The van der Waals surface area contributed by atoms with Crippen LogP contribution in [0.15, 0.2) is 18.2 Å². The van der Waals surface area contributed by atoms with Gasteiger partial charge in [-0.25, -0.2) is 0 Å². The lowest BCUT2D eigenvalue weighted by Crippen LogP contribution is -2.45. The Morgan fingerprint density at radius 1 is 1.23 bits per heavy atom. The molecule has 1 heterocycles. The summed E-state index contributed by atoms with van der Waals surface area (Å²) in [5, 5.41) is 10.9. The van der Waals surface area contributed by atoms with Crippen LogP contribution in [0.3, 0.4) is 0 Å². The van der Waals surface area contributed by atoms with Gasteiger partial charge in [0.05, 0.1) is 0 Å². The van der Waals surface area contributed by atoms with Gasteiger partial charge in [-0.2, -0.15) is 0 Å². The summed E-state index contributed by atoms with van der Waals surface area (Å²) >= 11 is 0. The summed E-state index contributed by atoms with van der Waals surface area (Å²) in [5.41, 5.74) is 2.02. The van der Waals surface area contributed by atoms with Crippen molar-refractivity contribution in [1.29, 1.82) is 0 Å². The zero-order chi connectivity index (χ0) is 18.9. The largest absolute Gasteiger partial charge is 0.508 e. The van der Waals surface area contributed by atoms with E-state index in [0.29, 0.717) is 17.6 Å². The molecule has 0 saturated carbocycles. The number of benzene rings is 1. The van der Waals surface area contributed by atoms with Crippen molar-refractivity contribution in [3.8, 4) is 11.5 Å². The maximum atomic E-state index is 10.9. The van der Waals surface area contributed by atoms with Crippen molar-refractivity contribution in [3.05, 3.63) is 35.4 Å². The summed E-state index contributed by atoms with van der Waals surface area (Å²) in [6, 6.07) is 4.20. The molecule has 1 aromatic rings. The molecule has 0 saturated heterocycles. The Kier molecular flexibility index (Phi) is 5.42. The summed E-state index contributed by atoms with van der Waals surface area (Å²) in [7, 11) is 0. The highest BCUT2D eigenvalue weighted by Gasteiger charge is 2.45. The van der Waals surface area contributed by atoms with Crippen LogP contribution >= 0.6 is 0 Å². The molecule has 2 atom stereocenters. The molecule has 1 aromatic carbocycles. The number of aromatic hydroxyl groups is 1. The number of ether oxygens (including phenoxy) is 1. The molecule has 1 aliphatic carbocycles. The molecule has 1 aliphatic heterocycles. The van der Waals surface area contributed by atoms with E-state index >= 15 is 0 Å². The first kappa shape index (κ1) is 19.3. The lowest BCUT2D eigenvalue weighted by molar-refractivity contribution is 0.00772. The first-order valence-corrected chi connectivity index (χ1v) is 10.4. The van der Waals surface area contributed by atoms with Gasteiger partial charge in [0.1, 0.15) is 17.1 Å². The molecule has 0 spiro atoms. The maximum Gasteiger partial charge on any atom is 0.127 e. The topological polar surface area (TPSA) is 29.5 Å². The van der Waals surface area contributed by atoms with Gasteiger partial charge in [0.25, 0.3) is 0 Å². The van der Waals surface area contributed by atoms with Gasteiger partial charge >= 0.3 is 0 Å². The van der Waals surface area contributed by atoms with Gasteiger partial charge in [-0.05, 0) is 62.3 Å². The fraction of sp³-hybridized carbons (Fsp3) is 0.667. The van der Waals surface area contributed by atoms with Crippen LogP contribution in [0.5, 0.6) is 11.5 Å². The standard InChI is InChI=1S/C24H35O2/c1-6-7-8-11-14-23(2,3)17-15-20(25)22-18-12-9-10-13-19(18)24(4,5)26-21(22)16-17/h10,15-16,18-19,25H,6-8,11-14H2,1-5H3/t18-,19-/m1/s1.